The highest BCUT2D eigenvalue weighted by molar-refractivity contribution is 7.18. The van der Waals surface area contributed by atoms with Gasteiger partial charge in [-0.2, -0.15) is 0 Å². The molecule has 0 bridgehead atoms. The van der Waals surface area contributed by atoms with Crippen LogP contribution in [0.1, 0.15) is 21.5 Å². The van der Waals surface area contributed by atoms with Gasteiger partial charge in [-0.25, -0.2) is 0 Å². The van der Waals surface area contributed by atoms with Gasteiger partial charge in [-0.05, 0) is 30.5 Å². The highest BCUT2D eigenvalue weighted by Gasteiger charge is 2.25. The quantitative estimate of drug-likeness (QED) is 0.911. The van der Waals surface area contributed by atoms with E-state index in [0.29, 0.717) is 9.21 Å². The standard InChI is InChI=1S/C12H12ClNO2S2/c1-12(16,9-3-2-6-17-9)7-14-11(15)8-4-5-10(13)18-8/h2-6,16H,7H2,1H3,(H,14,15)/t12-/m1/s1. The smallest absolute Gasteiger partial charge is 0.261 e. The summed E-state index contributed by atoms with van der Waals surface area (Å²) in [4.78, 5) is 13.2. The second kappa shape index (κ2) is 5.40. The zero-order valence-electron chi connectivity index (χ0n) is 9.64. The SMILES string of the molecule is C[C@@](O)(CNC(=O)c1ccc(Cl)s1)c1cccs1. The molecule has 0 saturated carbocycles. The van der Waals surface area contributed by atoms with Crippen molar-refractivity contribution in [3.05, 3.63) is 43.7 Å². The fourth-order valence-electron chi connectivity index (χ4n) is 1.45. The van der Waals surface area contributed by atoms with Gasteiger partial charge in [0.25, 0.3) is 5.91 Å². The van der Waals surface area contributed by atoms with E-state index < -0.39 is 5.60 Å². The van der Waals surface area contributed by atoms with E-state index in [0.717, 1.165) is 4.88 Å². The molecule has 1 atom stereocenters. The van der Waals surface area contributed by atoms with Gasteiger partial charge in [0.15, 0.2) is 0 Å². The third-order valence-corrected chi connectivity index (χ3v) is 4.80. The summed E-state index contributed by atoms with van der Waals surface area (Å²) in [6.07, 6.45) is 0. The van der Waals surface area contributed by atoms with Crippen LogP contribution in [0, 0.1) is 0 Å². The largest absolute Gasteiger partial charge is 0.383 e. The van der Waals surface area contributed by atoms with E-state index in [1.165, 1.54) is 22.7 Å². The Balaban J connectivity index is 1.98. The van der Waals surface area contributed by atoms with Gasteiger partial charge in [0, 0.05) is 4.88 Å². The maximum absolute atomic E-state index is 11.8. The van der Waals surface area contributed by atoms with Crippen LogP contribution in [-0.4, -0.2) is 17.6 Å². The van der Waals surface area contributed by atoms with Gasteiger partial charge in [0.05, 0.1) is 15.8 Å². The van der Waals surface area contributed by atoms with Gasteiger partial charge in [-0.1, -0.05) is 17.7 Å². The minimum absolute atomic E-state index is 0.169. The fraction of sp³-hybridized carbons (Fsp3) is 0.250. The molecule has 2 aromatic heterocycles. The van der Waals surface area contributed by atoms with E-state index in [9.17, 15) is 9.90 Å². The summed E-state index contributed by atoms with van der Waals surface area (Å²) < 4.78 is 0.574. The molecule has 0 unspecified atom stereocenters. The van der Waals surface area contributed by atoms with Crippen LogP contribution in [0.3, 0.4) is 0 Å². The Labute approximate surface area is 118 Å². The average Bonchev–Trinajstić information content (AvgIpc) is 2.96. The molecule has 0 aliphatic heterocycles. The first kappa shape index (κ1) is 13.5. The molecule has 96 valence electrons. The van der Waals surface area contributed by atoms with E-state index in [4.69, 9.17) is 11.6 Å². The van der Waals surface area contributed by atoms with Crippen LogP contribution >= 0.6 is 34.3 Å². The molecular weight excluding hydrogens is 290 g/mol. The second-order valence-electron chi connectivity index (χ2n) is 4.04. The van der Waals surface area contributed by atoms with Crippen molar-refractivity contribution in [2.75, 3.05) is 6.54 Å². The first-order valence-corrected chi connectivity index (χ1v) is 7.36. The molecule has 18 heavy (non-hydrogen) atoms. The van der Waals surface area contributed by atoms with Crippen molar-refractivity contribution in [3.8, 4) is 0 Å². The lowest BCUT2D eigenvalue weighted by molar-refractivity contribution is 0.0558. The molecule has 0 aliphatic rings. The summed E-state index contributed by atoms with van der Waals surface area (Å²) in [5.41, 5.74) is -1.05. The molecule has 0 aliphatic carbocycles. The van der Waals surface area contributed by atoms with Gasteiger partial charge in [-0.15, -0.1) is 22.7 Å². The minimum Gasteiger partial charge on any atom is -0.383 e. The van der Waals surface area contributed by atoms with Crippen LogP contribution in [0.25, 0.3) is 0 Å². The fourth-order valence-corrected chi connectivity index (χ4v) is 3.19. The zero-order chi connectivity index (χ0) is 13.2. The summed E-state index contributed by atoms with van der Waals surface area (Å²) in [5, 5.41) is 14.9. The molecule has 1 amide bonds. The first-order valence-electron chi connectivity index (χ1n) is 5.29. The highest BCUT2D eigenvalue weighted by Crippen LogP contribution is 2.25. The van der Waals surface area contributed by atoms with Crippen molar-refractivity contribution >= 4 is 40.2 Å². The topological polar surface area (TPSA) is 49.3 Å². The number of carbonyl (C=O) groups is 1. The van der Waals surface area contributed by atoms with Crippen LogP contribution in [-0.2, 0) is 5.60 Å². The van der Waals surface area contributed by atoms with Gasteiger partial charge >= 0.3 is 0 Å². The lowest BCUT2D eigenvalue weighted by atomic mass is 10.1. The second-order valence-corrected chi connectivity index (χ2v) is 6.70. The summed E-state index contributed by atoms with van der Waals surface area (Å²) in [6.45, 7) is 1.85. The van der Waals surface area contributed by atoms with E-state index in [-0.39, 0.29) is 12.5 Å². The summed E-state index contributed by atoms with van der Waals surface area (Å²) in [5.74, 6) is -0.219. The van der Waals surface area contributed by atoms with Crippen LogP contribution in [0.15, 0.2) is 29.6 Å². The molecule has 2 heterocycles. The Kier molecular flexibility index (Phi) is 4.07. The van der Waals surface area contributed by atoms with Crippen LogP contribution in [0.2, 0.25) is 4.34 Å². The molecule has 2 rings (SSSR count). The number of amides is 1. The predicted molar refractivity (Wildman–Crippen MR) is 75.6 cm³/mol. The van der Waals surface area contributed by atoms with Crippen LogP contribution < -0.4 is 5.32 Å². The molecule has 0 saturated heterocycles. The normalized spacial score (nSPS) is 14.2. The highest BCUT2D eigenvalue weighted by atomic mass is 35.5. The van der Waals surface area contributed by atoms with Crippen LogP contribution in [0.4, 0.5) is 0 Å². The first-order chi connectivity index (χ1) is 8.49. The van der Waals surface area contributed by atoms with Crippen molar-refractivity contribution in [1.82, 2.24) is 5.32 Å². The maximum atomic E-state index is 11.8. The van der Waals surface area contributed by atoms with E-state index >= 15 is 0 Å². The minimum atomic E-state index is -1.05. The van der Waals surface area contributed by atoms with E-state index in [2.05, 4.69) is 5.32 Å². The maximum Gasteiger partial charge on any atom is 0.261 e. The summed E-state index contributed by atoms with van der Waals surface area (Å²) in [6, 6.07) is 7.06. The molecule has 0 radical (unpaired) electrons. The molecule has 0 spiro atoms. The number of carbonyl (C=O) groups excluding carboxylic acids is 1. The third-order valence-electron chi connectivity index (χ3n) is 2.44. The molecule has 3 nitrogen and oxygen atoms in total. The van der Waals surface area contributed by atoms with Gasteiger partial charge in [-0.3, -0.25) is 4.79 Å². The molecule has 0 fully saturated rings. The van der Waals surface area contributed by atoms with E-state index in [1.54, 1.807) is 19.1 Å². The van der Waals surface area contributed by atoms with Crippen molar-refractivity contribution in [2.45, 2.75) is 12.5 Å². The summed E-state index contributed by atoms with van der Waals surface area (Å²) >= 11 is 8.45. The third kappa shape index (κ3) is 3.11. The number of hydrogen-bond acceptors (Lipinski definition) is 4. The number of thiophene rings is 2. The Morgan fingerprint density at radius 2 is 2.28 bits per heavy atom. The van der Waals surface area contributed by atoms with Crippen molar-refractivity contribution in [1.29, 1.82) is 0 Å². The Bertz CT molecular complexity index is 534. The zero-order valence-corrected chi connectivity index (χ0v) is 12.0. The predicted octanol–water partition coefficient (Wildman–Crippen LogP) is 3.10. The lowest BCUT2D eigenvalue weighted by Gasteiger charge is -2.22. The van der Waals surface area contributed by atoms with Crippen molar-refractivity contribution in [2.24, 2.45) is 0 Å². The van der Waals surface area contributed by atoms with Crippen molar-refractivity contribution in [3.63, 3.8) is 0 Å². The van der Waals surface area contributed by atoms with Crippen LogP contribution in [0.5, 0.6) is 0 Å². The average molecular weight is 302 g/mol. The Morgan fingerprint density at radius 3 is 2.83 bits per heavy atom. The molecule has 0 aromatic carbocycles. The van der Waals surface area contributed by atoms with Gasteiger partial charge < -0.3 is 10.4 Å². The Hall–Kier alpha value is -0.880. The van der Waals surface area contributed by atoms with Gasteiger partial charge in [0.1, 0.15) is 5.60 Å². The number of hydrogen-bond donors (Lipinski definition) is 2. The molecule has 2 aromatic rings. The van der Waals surface area contributed by atoms with Crippen molar-refractivity contribution < 1.29 is 9.90 Å². The number of nitrogens with one attached hydrogen (secondary N) is 1. The molecule has 6 heteroatoms. The van der Waals surface area contributed by atoms with Gasteiger partial charge in [0.2, 0.25) is 0 Å². The monoisotopic (exact) mass is 301 g/mol. The number of aliphatic hydroxyl groups is 1. The number of rotatable bonds is 4. The Morgan fingerprint density at radius 1 is 1.50 bits per heavy atom. The lowest BCUT2D eigenvalue weighted by Crippen LogP contribution is -2.37. The molecule has 2 N–H and O–H groups in total. The van der Waals surface area contributed by atoms with E-state index in [1.807, 2.05) is 17.5 Å². The summed E-state index contributed by atoms with van der Waals surface area (Å²) in [7, 11) is 0. The molecular formula is C12H12ClNO2S2. The number of halogens is 1.